The summed E-state index contributed by atoms with van der Waals surface area (Å²) in [6.07, 6.45) is 5.29. The van der Waals surface area contributed by atoms with Gasteiger partial charge in [-0.05, 0) is 47.4 Å². The van der Waals surface area contributed by atoms with Crippen molar-refractivity contribution in [2.24, 2.45) is 0 Å². The van der Waals surface area contributed by atoms with Gasteiger partial charge in [0.1, 0.15) is 0 Å². The molecule has 132 valence electrons. The van der Waals surface area contributed by atoms with E-state index in [2.05, 4.69) is 57.7 Å². The first-order chi connectivity index (χ1) is 12.8. The van der Waals surface area contributed by atoms with E-state index in [9.17, 15) is 4.79 Å². The number of piperidine rings is 1. The van der Waals surface area contributed by atoms with Gasteiger partial charge in [-0.2, -0.15) is 0 Å². The topological polar surface area (TPSA) is 45.2 Å². The van der Waals surface area contributed by atoms with Crippen molar-refractivity contribution in [2.75, 3.05) is 13.1 Å². The Labute approximate surface area is 153 Å². The largest absolute Gasteiger partial charge is 0.349 e. The van der Waals surface area contributed by atoms with Crippen LogP contribution in [0.15, 0.2) is 67.0 Å². The molecular weight excluding hydrogens is 322 g/mol. The second kappa shape index (κ2) is 7.67. The molecule has 1 N–H and O–H groups in total. The Kier molecular flexibility index (Phi) is 4.93. The standard InChI is InChI=1S/C22H23N3O/c26-22(19-7-11-23-12-8-19)24-21-9-13-25(14-10-21)16-17-5-6-18-3-1-2-4-20(18)15-17/h1-8,11-12,15,21H,9-10,13-14,16H2,(H,24,26). The molecule has 1 amide bonds. The van der Waals surface area contributed by atoms with E-state index in [1.807, 2.05) is 0 Å². The molecule has 0 bridgehead atoms. The van der Waals surface area contributed by atoms with Crippen LogP contribution in [0.4, 0.5) is 0 Å². The van der Waals surface area contributed by atoms with Crippen LogP contribution in [0, 0.1) is 0 Å². The SMILES string of the molecule is O=C(NC1CCN(Cc2ccc3ccccc3c2)CC1)c1ccncc1. The first-order valence-electron chi connectivity index (χ1n) is 9.19. The minimum atomic E-state index is 0.000351. The summed E-state index contributed by atoms with van der Waals surface area (Å²) >= 11 is 0. The van der Waals surface area contributed by atoms with Gasteiger partial charge < -0.3 is 5.32 Å². The van der Waals surface area contributed by atoms with E-state index in [0.29, 0.717) is 5.56 Å². The molecule has 2 heterocycles. The zero-order valence-corrected chi connectivity index (χ0v) is 14.8. The molecule has 3 aromatic rings. The van der Waals surface area contributed by atoms with Gasteiger partial charge >= 0.3 is 0 Å². The molecule has 2 aromatic carbocycles. The van der Waals surface area contributed by atoms with E-state index in [1.54, 1.807) is 24.5 Å². The van der Waals surface area contributed by atoms with Crippen molar-refractivity contribution in [2.45, 2.75) is 25.4 Å². The van der Waals surface area contributed by atoms with Crippen molar-refractivity contribution in [1.29, 1.82) is 0 Å². The van der Waals surface area contributed by atoms with Gasteiger partial charge in [-0.1, -0.05) is 36.4 Å². The molecule has 1 aliphatic rings. The number of rotatable bonds is 4. The van der Waals surface area contributed by atoms with Gasteiger partial charge in [-0.15, -0.1) is 0 Å². The van der Waals surface area contributed by atoms with E-state index >= 15 is 0 Å². The predicted octanol–water partition coefficient (Wildman–Crippen LogP) is 3.63. The van der Waals surface area contributed by atoms with Gasteiger partial charge in [-0.3, -0.25) is 14.7 Å². The fraction of sp³-hybridized carbons (Fsp3) is 0.273. The molecule has 1 aliphatic heterocycles. The van der Waals surface area contributed by atoms with Crippen molar-refractivity contribution in [1.82, 2.24) is 15.2 Å². The summed E-state index contributed by atoms with van der Waals surface area (Å²) in [4.78, 5) is 18.7. The third-order valence-electron chi connectivity index (χ3n) is 5.09. The highest BCUT2D eigenvalue weighted by Crippen LogP contribution is 2.19. The van der Waals surface area contributed by atoms with Crippen LogP contribution in [0.5, 0.6) is 0 Å². The molecule has 0 atom stereocenters. The Morgan fingerprint density at radius 1 is 1.00 bits per heavy atom. The van der Waals surface area contributed by atoms with Crippen LogP contribution in [0.1, 0.15) is 28.8 Å². The normalized spacial score (nSPS) is 15.8. The Hall–Kier alpha value is -2.72. The fourth-order valence-corrected chi connectivity index (χ4v) is 3.60. The Morgan fingerprint density at radius 2 is 1.73 bits per heavy atom. The van der Waals surface area contributed by atoms with Crippen molar-refractivity contribution in [3.05, 3.63) is 78.1 Å². The lowest BCUT2D eigenvalue weighted by molar-refractivity contribution is 0.0909. The van der Waals surface area contributed by atoms with Crippen LogP contribution in [-0.2, 0) is 6.54 Å². The first-order valence-corrected chi connectivity index (χ1v) is 9.19. The summed E-state index contributed by atoms with van der Waals surface area (Å²) < 4.78 is 0. The van der Waals surface area contributed by atoms with Gasteiger partial charge in [0.2, 0.25) is 0 Å². The average Bonchev–Trinajstić information content (AvgIpc) is 2.70. The Balaban J connectivity index is 1.31. The number of carbonyl (C=O) groups excluding carboxylic acids is 1. The zero-order valence-electron chi connectivity index (χ0n) is 14.8. The van der Waals surface area contributed by atoms with Crippen LogP contribution in [-0.4, -0.2) is 34.9 Å². The number of hydrogen-bond donors (Lipinski definition) is 1. The van der Waals surface area contributed by atoms with Gasteiger partial charge in [-0.25, -0.2) is 0 Å². The molecule has 0 saturated carbocycles. The first kappa shape index (κ1) is 16.7. The summed E-state index contributed by atoms with van der Waals surface area (Å²) in [7, 11) is 0. The summed E-state index contributed by atoms with van der Waals surface area (Å²) in [6.45, 7) is 2.98. The minimum Gasteiger partial charge on any atom is -0.349 e. The highest BCUT2D eigenvalue weighted by Gasteiger charge is 2.21. The lowest BCUT2D eigenvalue weighted by Gasteiger charge is -2.32. The maximum absolute atomic E-state index is 12.3. The van der Waals surface area contributed by atoms with Crippen LogP contribution >= 0.6 is 0 Å². The molecule has 26 heavy (non-hydrogen) atoms. The number of nitrogens with zero attached hydrogens (tertiary/aromatic N) is 2. The lowest BCUT2D eigenvalue weighted by Crippen LogP contribution is -2.44. The number of pyridine rings is 1. The highest BCUT2D eigenvalue weighted by atomic mass is 16.1. The summed E-state index contributed by atoms with van der Waals surface area (Å²) in [5, 5.41) is 5.73. The monoisotopic (exact) mass is 345 g/mol. The maximum Gasteiger partial charge on any atom is 0.251 e. The van der Waals surface area contributed by atoms with Crippen LogP contribution in [0.3, 0.4) is 0 Å². The molecule has 4 nitrogen and oxygen atoms in total. The number of aromatic nitrogens is 1. The van der Waals surface area contributed by atoms with Crippen molar-refractivity contribution >= 4 is 16.7 Å². The fourth-order valence-electron chi connectivity index (χ4n) is 3.60. The third-order valence-corrected chi connectivity index (χ3v) is 5.09. The van der Waals surface area contributed by atoms with E-state index in [0.717, 1.165) is 32.5 Å². The van der Waals surface area contributed by atoms with Crippen LogP contribution in [0.25, 0.3) is 10.8 Å². The number of hydrogen-bond acceptors (Lipinski definition) is 3. The molecule has 1 saturated heterocycles. The van der Waals surface area contributed by atoms with E-state index < -0.39 is 0 Å². The Morgan fingerprint density at radius 3 is 2.50 bits per heavy atom. The number of carbonyl (C=O) groups is 1. The Bertz CT molecular complexity index is 886. The molecule has 1 aromatic heterocycles. The number of benzene rings is 2. The summed E-state index contributed by atoms with van der Waals surface area (Å²) in [6, 6.07) is 18.9. The van der Waals surface area contributed by atoms with Crippen molar-refractivity contribution < 1.29 is 4.79 Å². The average molecular weight is 345 g/mol. The molecule has 0 aliphatic carbocycles. The zero-order chi connectivity index (χ0) is 17.8. The second-order valence-electron chi connectivity index (χ2n) is 6.94. The highest BCUT2D eigenvalue weighted by molar-refractivity contribution is 5.94. The molecular formula is C22H23N3O. The van der Waals surface area contributed by atoms with Crippen LogP contribution in [0.2, 0.25) is 0 Å². The molecule has 4 heteroatoms. The van der Waals surface area contributed by atoms with E-state index in [4.69, 9.17) is 0 Å². The van der Waals surface area contributed by atoms with Crippen molar-refractivity contribution in [3.63, 3.8) is 0 Å². The van der Waals surface area contributed by atoms with Gasteiger partial charge in [0.15, 0.2) is 0 Å². The quantitative estimate of drug-likeness (QED) is 0.785. The molecule has 0 radical (unpaired) electrons. The molecule has 0 spiro atoms. The van der Waals surface area contributed by atoms with Crippen LogP contribution < -0.4 is 5.32 Å². The van der Waals surface area contributed by atoms with Crippen molar-refractivity contribution in [3.8, 4) is 0 Å². The molecule has 1 fully saturated rings. The maximum atomic E-state index is 12.3. The predicted molar refractivity (Wildman–Crippen MR) is 104 cm³/mol. The number of amides is 1. The minimum absolute atomic E-state index is 0.000351. The number of likely N-dealkylation sites (tertiary alicyclic amines) is 1. The van der Waals surface area contributed by atoms with Gasteiger partial charge in [0.25, 0.3) is 5.91 Å². The van der Waals surface area contributed by atoms with E-state index in [-0.39, 0.29) is 11.9 Å². The van der Waals surface area contributed by atoms with E-state index in [1.165, 1.54) is 16.3 Å². The van der Waals surface area contributed by atoms with Gasteiger partial charge in [0, 0.05) is 43.6 Å². The summed E-state index contributed by atoms with van der Waals surface area (Å²) in [5.74, 6) is 0.000351. The number of fused-ring (bicyclic) bond motifs is 1. The summed E-state index contributed by atoms with van der Waals surface area (Å²) in [5.41, 5.74) is 2.03. The second-order valence-corrected chi connectivity index (χ2v) is 6.94. The smallest absolute Gasteiger partial charge is 0.251 e. The third kappa shape index (κ3) is 3.92. The number of nitrogens with one attached hydrogen (secondary N) is 1. The molecule has 0 unspecified atom stereocenters. The van der Waals surface area contributed by atoms with Gasteiger partial charge in [0.05, 0.1) is 0 Å². The molecule has 4 rings (SSSR count). The lowest BCUT2D eigenvalue weighted by atomic mass is 10.0.